The highest BCUT2D eigenvalue weighted by Gasteiger charge is 2.10. The molecule has 0 aliphatic carbocycles. The van der Waals surface area contributed by atoms with Gasteiger partial charge in [-0.3, -0.25) is 0 Å². The molecular weight excluding hydrogens is 158 g/mol. The quantitative estimate of drug-likeness (QED) is 0.603. The molecule has 2 nitrogen and oxygen atoms in total. The Hall–Kier alpha value is -0.830. The first-order valence-electron chi connectivity index (χ1n) is 3.51. The molecule has 11 heavy (non-hydrogen) atoms. The molecule has 2 rings (SSSR count). The molecule has 2 heterocycles. The van der Waals surface area contributed by atoms with E-state index >= 15 is 0 Å². The van der Waals surface area contributed by atoms with Gasteiger partial charge in [0.2, 0.25) is 5.71 Å². The van der Waals surface area contributed by atoms with Crippen molar-refractivity contribution in [2.75, 3.05) is 0 Å². The molecule has 0 radical (unpaired) electrons. The van der Waals surface area contributed by atoms with E-state index in [1.807, 2.05) is 13.8 Å². The molecule has 0 bridgehead atoms. The van der Waals surface area contributed by atoms with Gasteiger partial charge in [0.15, 0.2) is 0 Å². The molecule has 2 aromatic rings. The average Bonchev–Trinajstić information content (AvgIpc) is 2.37. The predicted molar refractivity (Wildman–Crippen MR) is 46.1 cm³/mol. The topological polar surface area (TPSA) is 26.0 Å². The molecule has 2 aromatic heterocycles. The Balaban J connectivity index is 2.88. The molecule has 0 fully saturated rings. The van der Waals surface area contributed by atoms with Gasteiger partial charge in [-0.2, -0.15) is 0 Å². The van der Waals surface area contributed by atoms with Crippen molar-refractivity contribution in [2.24, 2.45) is 0 Å². The van der Waals surface area contributed by atoms with E-state index in [-0.39, 0.29) is 0 Å². The van der Waals surface area contributed by atoms with E-state index in [9.17, 15) is 0 Å². The number of fused-ring (bicyclic) bond motifs is 1. The maximum atomic E-state index is 5.42. The lowest BCUT2D eigenvalue weighted by molar-refractivity contribution is 0.564. The van der Waals surface area contributed by atoms with Gasteiger partial charge in [-0.05, 0) is 20.8 Å². The van der Waals surface area contributed by atoms with Crippen LogP contribution in [0, 0.1) is 20.8 Å². The number of hydrogen-bond acceptors (Lipinski definition) is 3. The molecule has 0 saturated carbocycles. The molecule has 0 N–H and O–H groups in total. The van der Waals surface area contributed by atoms with Crippen molar-refractivity contribution in [3.05, 3.63) is 16.3 Å². The van der Waals surface area contributed by atoms with Gasteiger partial charge in [0.1, 0.15) is 5.76 Å². The largest absolute Gasteiger partial charge is 0.442 e. The van der Waals surface area contributed by atoms with Crippen LogP contribution in [0.15, 0.2) is 4.42 Å². The normalized spacial score (nSPS) is 11.2. The lowest BCUT2D eigenvalue weighted by Crippen LogP contribution is -1.67. The molecule has 0 aliphatic rings. The van der Waals surface area contributed by atoms with E-state index < -0.39 is 0 Å². The number of thiazole rings is 1. The summed E-state index contributed by atoms with van der Waals surface area (Å²) >= 11 is 1.69. The average molecular weight is 167 g/mol. The minimum absolute atomic E-state index is 0.794. The number of nitrogens with zero attached hydrogens (tertiary/aromatic N) is 1. The van der Waals surface area contributed by atoms with Gasteiger partial charge in [-0.25, -0.2) is 4.98 Å². The summed E-state index contributed by atoms with van der Waals surface area (Å²) < 4.78 is 6.61. The van der Waals surface area contributed by atoms with Crippen LogP contribution < -0.4 is 0 Å². The first-order valence-corrected chi connectivity index (χ1v) is 4.33. The van der Waals surface area contributed by atoms with E-state index in [0.717, 1.165) is 16.5 Å². The monoisotopic (exact) mass is 167 g/mol. The number of aryl methyl sites for hydroxylation is 3. The minimum atomic E-state index is 0.794. The Bertz CT molecular complexity index is 399. The summed E-state index contributed by atoms with van der Waals surface area (Å²) in [6, 6.07) is 0. The Morgan fingerprint density at radius 3 is 2.64 bits per heavy atom. The molecule has 0 saturated heterocycles. The van der Waals surface area contributed by atoms with E-state index in [1.165, 1.54) is 10.3 Å². The van der Waals surface area contributed by atoms with E-state index in [0.29, 0.717) is 0 Å². The lowest BCUT2D eigenvalue weighted by atomic mass is 10.3. The van der Waals surface area contributed by atoms with E-state index in [2.05, 4.69) is 11.9 Å². The smallest absolute Gasteiger partial charge is 0.237 e. The summed E-state index contributed by atoms with van der Waals surface area (Å²) in [5, 5.41) is 1.07. The second-order valence-corrected chi connectivity index (χ2v) is 3.85. The van der Waals surface area contributed by atoms with Crippen LogP contribution in [0.25, 0.3) is 10.4 Å². The van der Waals surface area contributed by atoms with Crippen molar-refractivity contribution < 1.29 is 4.42 Å². The number of rotatable bonds is 0. The third kappa shape index (κ3) is 0.878. The SMILES string of the molecule is Cc1nc2oc(C)c(C)c2s1. The molecular formula is C8H9NOS. The van der Waals surface area contributed by atoms with Crippen LogP contribution >= 0.6 is 11.3 Å². The van der Waals surface area contributed by atoms with Crippen molar-refractivity contribution in [1.29, 1.82) is 0 Å². The molecule has 0 amide bonds. The molecule has 3 heteroatoms. The molecule has 0 atom stereocenters. The molecule has 58 valence electrons. The highest BCUT2D eigenvalue weighted by atomic mass is 32.1. The van der Waals surface area contributed by atoms with Gasteiger partial charge in [0, 0.05) is 5.56 Å². The third-order valence-electron chi connectivity index (χ3n) is 1.82. The van der Waals surface area contributed by atoms with E-state index in [1.54, 1.807) is 11.3 Å². The zero-order chi connectivity index (χ0) is 8.01. The highest BCUT2D eigenvalue weighted by molar-refractivity contribution is 7.18. The van der Waals surface area contributed by atoms with Crippen molar-refractivity contribution in [3.63, 3.8) is 0 Å². The maximum Gasteiger partial charge on any atom is 0.237 e. The summed E-state index contributed by atoms with van der Waals surface area (Å²) in [7, 11) is 0. The summed E-state index contributed by atoms with van der Waals surface area (Å²) in [5.41, 5.74) is 2.02. The number of hydrogen-bond donors (Lipinski definition) is 0. The fourth-order valence-electron chi connectivity index (χ4n) is 1.10. The third-order valence-corrected chi connectivity index (χ3v) is 2.89. The number of aromatic nitrogens is 1. The lowest BCUT2D eigenvalue weighted by Gasteiger charge is -1.83. The Kier molecular flexibility index (Phi) is 1.29. The summed E-state index contributed by atoms with van der Waals surface area (Å²) in [5.74, 6) is 0.985. The van der Waals surface area contributed by atoms with Crippen LogP contribution in [-0.2, 0) is 0 Å². The van der Waals surface area contributed by atoms with Crippen LogP contribution in [0.1, 0.15) is 16.3 Å². The second kappa shape index (κ2) is 2.08. The first kappa shape index (κ1) is 6.85. The Morgan fingerprint density at radius 1 is 1.27 bits per heavy atom. The van der Waals surface area contributed by atoms with Crippen molar-refractivity contribution >= 4 is 21.8 Å². The fraction of sp³-hybridized carbons (Fsp3) is 0.375. The Morgan fingerprint density at radius 2 is 2.00 bits per heavy atom. The number of furan rings is 1. The van der Waals surface area contributed by atoms with Gasteiger partial charge in [-0.1, -0.05) is 0 Å². The van der Waals surface area contributed by atoms with Crippen LogP contribution in [0.3, 0.4) is 0 Å². The van der Waals surface area contributed by atoms with Crippen molar-refractivity contribution in [3.8, 4) is 0 Å². The minimum Gasteiger partial charge on any atom is -0.442 e. The van der Waals surface area contributed by atoms with Gasteiger partial charge in [-0.15, -0.1) is 11.3 Å². The molecule has 0 unspecified atom stereocenters. The van der Waals surface area contributed by atoms with Crippen molar-refractivity contribution in [2.45, 2.75) is 20.8 Å². The van der Waals surface area contributed by atoms with Gasteiger partial charge < -0.3 is 4.42 Å². The van der Waals surface area contributed by atoms with Crippen LogP contribution in [0.5, 0.6) is 0 Å². The zero-order valence-corrected chi connectivity index (χ0v) is 7.58. The van der Waals surface area contributed by atoms with E-state index in [4.69, 9.17) is 4.42 Å². The predicted octanol–water partition coefficient (Wildman–Crippen LogP) is 2.81. The van der Waals surface area contributed by atoms with Crippen LogP contribution in [0.4, 0.5) is 0 Å². The highest BCUT2D eigenvalue weighted by Crippen LogP contribution is 2.29. The van der Waals surface area contributed by atoms with Gasteiger partial charge >= 0.3 is 0 Å². The summed E-state index contributed by atoms with van der Waals surface area (Å²) in [6.45, 7) is 6.03. The molecule has 0 aromatic carbocycles. The molecule has 0 aliphatic heterocycles. The van der Waals surface area contributed by atoms with Crippen LogP contribution in [0.2, 0.25) is 0 Å². The van der Waals surface area contributed by atoms with Crippen molar-refractivity contribution in [1.82, 2.24) is 4.98 Å². The van der Waals surface area contributed by atoms with Gasteiger partial charge in [0.25, 0.3) is 0 Å². The maximum absolute atomic E-state index is 5.42. The standard InChI is InChI=1S/C8H9NOS/c1-4-5(2)10-8-7(4)11-6(3)9-8/h1-3H3. The molecule has 0 spiro atoms. The van der Waals surface area contributed by atoms with Gasteiger partial charge in [0.05, 0.1) is 9.71 Å². The summed E-state index contributed by atoms with van der Waals surface area (Å²) in [4.78, 5) is 4.25. The Labute approximate surface area is 68.9 Å². The van der Waals surface area contributed by atoms with Crippen LogP contribution in [-0.4, -0.2) is 4.98 Å². The first-order chi connectivity index (χ1) is 5.18. The second-order valence-electron chi connectivity index (χ2n) is 2.65. The zero-order valence-electron chi connectivity index (χ0n) is 6.76. The summed E-state index contributed by atoms with van der Waals surface area (Å²) in [6.07, 6.45) is 0. The fourth-order valence-corrected chi connectivity index (χ4v) is 1.99.